The summed E-state index contributed by atoms with van der Waals surface area (Å²) in [6.45, 7) is 3.43. The lowest BCUT2D eigenvalue weighted by atomic mass is 10.1. The number of piperidine rings is 1. The molecule has 0 spiro atoms. The van der Waals surface area contributed by atoms with Gasteiger partial charge in [-0.05, 0) is 32.4 Å². The monoisotopic (exact) mass is 254 g/mol. The molecule has 0 aromatic rings. The molecule has 1 aliphatic rings. The molecule has 1 N–H and O–H groups in total. The minimum Gasteiger partial charge on any atom is -0.341 e. The zero-order valence-electron chi connectivity index (χ0n) is 10.3. The molecule has 1 amide bonds. The Labute approximate surface area is 106 Å². The largest absolute Gasteiger partial charge is 0.341 e. The van der Waals surface area contributed by atoms with E-state index in [2.05, 4.69) is 10.3 Å². The van der Waals surface area contributed by atoms with E-state index in [-0.39, 0.29) is 5.91 Å². The summed E-state index contributed by atoms with van der Waals surface area (Å²) in [6, 6.07) is -0.420. The summed E-state index contributed by atoms with van der Waals surface area (Å²) in [5.41, 5.74) is 0. The number of amidine groups is 1. The van der Waals surface area contributed by atoms with Gasteiger partial charge >= 0.3 is 0 Å². The van der Waals surface area contributed by atoms with Crippen molar-refractivity contribution in [2.75, 3.05) is 19.3 Å². The van der Waals surface area contributed by atoms with Crippen LogP contribution in [0.4, 0.5) is 0 Å². The highest BCUT2D eigenvalue weighted by atomic mass is 32.2. The Balaban J connectivity index is 2.58. The molecular weight excluding hydrogens is 236 g/mol. The van der Waals surface area contributed by atoms with Gasteiger partial charge in [0.15, 0.2) is 11.4 Å². The van der Waals surface area contributed by atoms with Crippen LogP contribution in [0.15, 0.2) is 4.99 Å². The second-order valence-electron chi connectivity index (χ2n) is 3.94. The first-order valence-electron chi connectivity index (χ1n) is 5.74. The molecule has 0 aliphatic carbocycles. The summed E-state index contributed by atoms with van der Waals surface area (Å²) in [7, 11) is 0. The van der Waals surface area contributed by atoms with Gasteiger partial charge in [0.25, 0.3) is 0 Å². The number of carbonyl (C=O) groups excluding carboxylic acids is 1. The molecule has 0 aromatic heterocycles. The van der Waals surface area contributed by atoms with Crippen LogP contribution in [0.25, 0.3) is 0 Å². The van der Waals surface area contributed by atoms with Crippen LogP contribution in [-0.4, -0.2) is 41.4 Å². The molecular formula is C11H18N4OS. The van der Waals surface area contributed by atoms with Gasteiger partial charge in [-0.25, -0.2) is 4.99 Å². The van der Waals surface area contributed by atoms with Crippen LogP contribution in [0.5, 0.6) is 0 Å². The first-order valence-corrected chi connectivity index (χ1v) is 6.97. The van der Waals surface area contributed by atoms with Crippen molar-refractivity contribution < 1.29 is 4.79 Å². The van der Waals surface area contributed by atoms with Crippen molar-refractivity contribution in [3.8, 4) is 6.19 Å². The summed E-state index contributed by atoms with van der Waals surface area (Å²) < 4.78 is 0. The normalized spacial score (nSPS) is 18.4. The summed E-state index contributed by atoms with van der Waals surface area (Å²) in [6.07, 6.45) is 6.99. The highest BCUT2D eigenvalue weighted by Crippen LogP contribution is 2.11. The lowest BCUT2D eigenvalue weighted by molar-refractivity contribution is -0.132. The lowest BCUT2D eigenvalue weighted by Crippen LogP contribution is -2.41. The third-order valence-electron chi connectivity index (χ3n) is 2.69. The van der Waals surface area contributed by atoms with Crippen LogP contribution in [0, 0.1) is 11.5 Å². The topological polar surface area (TPSA) is 68.5 Å². The van der Waals surface area contributed by atoms with E-state index in [4.69, 9.17) is 5.26 Å². The van der Waals surface area contributed by atoms with Gasteiger partial charge in [0.2, 0.25) is 5.91 Å². The molecule has 94 valence electrons. The van der Waals surface area contributed by atoms with Crippen molar-refractivity contribution in [3.05, 3.63) is 0 Å². The number of nitrogens with one attached hydrogen (secondary N) is 1. The summed E-state index contributed by atoms with van der Waals surface area (Å²) in [5, 5.41) is 11.5. The lowest BCUT2D eigenvalue weighted by Gasteiger charge is -2.28. The molecule has 1 rings (SSSR count). The third-order valence-corrected chi connectivity index (χ3v) is 3.29. The van der Waals surface area contributed by atoms with E-state index in [1.54, 1.807) is 6.92 Å². The predicted molar refractivity (Wildman–Crippen MR) is 69.6 cm³/mol. The number of thioether (sulfide) groups is 1. The smallest absolute Gasteiger partial charge is 0.247 e. The van der Waals surface area contributed by atoms with E-state index < -0.39 is 6.04 Å². The first-order chi connectivity index (χ1) is 8.19. The van der Waals surface area contributed by atoms with Gasteiger partial charge in [0, 0.05) is 13.1 Å². The average Bonchev–Trinajstić information content (AvgIpc) is 2.38. The molecule has 6 heteroatoms. The van der Waals surface area contributed by atoms with Crippen molar-refractivity contribution in [2.24, 2.45) is 4.99 Å². The maximum Gasteiger partial charge on any atom is 0.247 e. The SMILES string of the molecule is CSC(=NC(C)C(=O)N1CCCCC1)NC#N. The van der Waals surface area contributed by atoms with Crippen LogP contribution < -0.4 is 5.32 Å². The van der Waals surface area contributed by atoms with E-state index in [0.29, 0.717) is 5.17 Å². The van der Waals surface area contributed by atoms with Crippen molar-refractivity contribution in [3.63, 3.8) is 0 Å². The molecule has 1 fully saturated rings. The Hall–Kier alpha value is -1.22. The summed E-state index contributed by atoms with van der Waals surface area (Å²) >= 11 is 1.33. The zero-order valence-corrected chi connectivity index (χ0v) is 11.1. The van der Waals surface area contributed by atoms with Gasteiger partial charge in [-0.3, -0.25) is 10.1 Å². The number of amides is 1. The standard InChI is InChI=1S/C11H18N4OS/c1-9(14-11(17-2)13-8-12)10(16)15-6-4-3-5-7-15/h9H,3-7H2,1-2H3,(H,13,14). The molecule has 0 saturated carbocycles. The van der Waals surface area contributed by atoms with Crippen LogP contribution in [0.3, 0.4) is 0 Å². The first kappa shape index (κ1) is 13.8. The Bertz CT molecular complexity index is 331. The fourth-order valence-corrected chi connectivity index (χ4v) is 2.20. The third kappa shape index (κ3) is 4.27. The second-order valence-corrected chi connectivity index (χ2v) is 4.73. The molecule has 1 aliphatic heterocycles. The Kier molecular flexibility index (Phi) is 5.84. The minimum atomic E-state index is -0.420. The Morgan fingerprint density at radius 1 is 1.47 bits per heavy atom. The summed E-state index contributed by atoms with van der Waals surface area (Å²) in [4.78, 5) is 18.1. The highest BCUT2D eigenvalue weighted by Gasteiger charge is 2.21. The molecule has 0 radical (unpaired) electrons. The molecule has 1 unspecified atom stereocenters. The predicted octanol–water partition coefficient (Wildman–Crippen LogP) is 1.18. The molecule has 1 saturated heterocycles. The maximum absolute atomic E-state index is 12.1. The number of carbonyl (C=O) groups is 1. The fourth-order valence-electron chi connectivity index (χ4n) is 1.79. The number of aliphatic imine (C=N–C) groups is 1. The number of nitriles is 1. The van der Waals surface area contributed by atoms with Gasteiger partial charge in [-0.1, -0.05) is 11.8 Å². The zero-order chi connectivity index (χ0) is 12.7. The van der Waals surface area contributed by atoms with Crippen LogP contribution in [0.2, 0.25) is 0 Å². The van der Waals surface area contributed by atoms with Gasteiger partial charge in [-0.2, -0.15) is 5.26 Å². The van der Waals surface area contributed by atoms with Gasteiger partial charge < -0.3 is 4.90 Å². The van der Waals surface area contributed by atoms with E-state index in [9.17, 15) is 4.79 Å². The molecule has 5 nitrogen and oxygen atoms in total. The van der Waals surface area contributed by atoms with Crippen molar-refractivity contribution in [1.82, 2.24) is 10.2 Å². The number of hydrogen-bond donors (Lipinski definition) is 1. The number of likely N-dealkylation sites (tertiary alicyclic amines) is 1. The second kappa shape index (κ2) is 7.17. The van der Waals surface area contributed by atoms with E-state index in [1.807, 2.05) is 17.3 Å². The van der Waals surface area contributed by atoms with Gasteiger partial charge in [0.05, 0.1) is 0 Å². The van der Waals surface area contributed by atoms with E-state index in [1.165, 1.54) is 18.2 Å². The quantitative estimate of drug-likeness (QED) is 0.348. The Morgan fingerprint density at radius 3 is 2.65 bits per heavy atom. The molecule has 1 atom stereocenters. The number of nitrogens with zero attached hydrogens (tertiary/aromatic N) is 3. The number of rotatable bonds is 2. The van der Waals surface area contributed by atoms with Crippen LogP contribution in [0.1, 0.15) is 26.2 Å². The molecule has 1 heterocycles. The van der Waals surface area contributed by atoms with Crippen LogP contribution in [-0.2, 0) is 4.79 Å². The fraction of sp³-hybridized carbons (Fsp3) is 0.727. The van der Waals surface area contributed by atoms with Crippen molar-refractivity contribution in [1.29, 1.82) is 5.26 Å². The maximum atomic E-state index is 12.1. The van der Waals surface area contributed by atoms with Crippen molar-refractivity contribution in [2.45, 2.75) is 32.2 Å². The van der Waals surface area contributed by atoms with Gasteiger partial charge in [-0.15, -0.1) is 0 Å². The van der Waals surface area contributed by atoms with Crippen LogP contribution >= 0.6 is 11.8 Å². The van der Waals surface area contributed by atoms with E-state index >= 15 is 0 Å². The van der Waals surface area contributed by atoms with Crippen molar-refractivity contribution >= 4 is 22.8 Å². The number of hydrogen-bond acceptors (Lipinski definition) is 4. The molecule has 0 bridgehead atoms. The molecule has 17 heavy (non-hydrogen) atoms. The van der Waals surface area contributed by atoms with Gasteiger partial charge in [0.1, 0.15) is 6.04 Å². The average molecular weight is 254 g/mol. The Morgan fingerprint density at radius 2 is 2.12 bits per heavy atom. The minimum absolute atomic E-state index is 0.0518. The van der Waals surface area contributed by atoms with E-state index in [0.717, 1.165) is 25.9 Å². The summed E-state index contributed by atoms with van der Waals surface area (Å²) in [5.74, 6) is 0.0518. The molecule has 0 aromatic carbocycles. The highest BCUT2D eigenvalue weighted by molar-refractivity contribution is 8.13.